The summed E-state index contributed by atoms with van der Waals surface area (Å²) in [4.78, 5) is 21.2. The Balaban J connectivity index is 1.36. The maximum Gasteiger partial charge on any atom is 0.276 e. The minimum Gasteiger partial charge on any atom is -0.335 e. The van der Waals surface area contributed by atoms with Crippen molar-refractivity contribution in [1.82, 2.24) is 29.8 Å². The third-order valence-corrected chi connectivity index (χ3v) is 4.50. The molecule has 1 aliphatic rings. The number of rotatable bonds is 4. The fourth-order valence-electron chi connectivity index (χ4n) is 3.06. The zero-order valence-electron chi connectivity index (χ0n) is 14.4. The largest absolute Gasteiger partial charge is 0.335 e. The van der Waals surface area contributed by atoms with Crippen LogP contribution in [-0.4, -0.2) is 61.9 Å². The highest BCUT2D eigenvalue weighted by Gasteiger charge is 2.24. The second-order valence-electron chi connectivity index (χ2n) is 6.27. The maximum absolute atomic E-state index is 12.7. The summed E-state index contributed by atoms with van der Waals surface area (Å²) in [5.74, 6) is -0.0651. The van der Waals surface area contributed by atoms with Gasteiger partial charge in [-0.15, -0.1) is 5.10 Å². The first-order valence-electron chi connectivity index (χ1n) is 8.69. The van der Waals surface area contributed by atoms with Crippen LogP contribution in [-0.2, 0) is 6.54 Å². The summed E-state index contributed by atoms with van der Waals surface area (Å²) in [5.41, 5.74) is 2.32. The molecule has 0 saturated carbocycles. The van der Waals surface area contributed by atoms with Gasteiger partial charge in [0.05, 0.1) is 17.6 Å². The quantitative estimate of drug-likeness (QED) is 0.717. The van der Waals surface area contributed by atoms with Crippen LogP contribution < -0.4 is 0 Å². The molecule has 7 nitrogen and oxygen atoms in total. The molecule has 26 heavy (non-hydrogen) atoms. The number of benzene rings is 1. The van der Waals surface area contributed by atoms with Crippen LogP contribution in [0.5, 0.6) is 0 Å². The van der Waals surface area contributed by atoms with Gasteiger partial charge in [-0.2, -0.15) is 0 Å². The van der Waals surface area contributed by atoms with E-state index < -0.39 is 0 Å². The van der Waals surface area contributed by atoms with E-state index in [1.165, 1.54) is 0 Å². The van der Waals surface area contributed by atoms with E-state index in [-0.39, 0.29) is 5.91 Å². The van der Waals surface area contributed by atoms with Crippen molar-refractivity contribution in [3.63, 3.8) is 0 Å². The van der Waals surface area contributed by atoms with Crippen LogP contribution in [0.4, 0.5) is 0 Å². The van der Waals surface area contributed by atoms with Gasteiger partial charge in [-0.05, 0) is 24.3 Å². The van der Waals surface area contributed by atoms with Gasteiger partial charge < -0.3 is 4.90 Å². The highest BCUT2D eigenvalue weighted by atomic mass is 16.2. The predicted octanol–water partition coefficient (Wildman–Crippen LogP) is 1.62. The van der Waals surface area contributed by atoms with Crippen LogP contribution >= 0.6 is 0 Å². The molecule has 132 valence electrons. The number of hydrogen-bond donors (Lipinski definition) is 0. The Morgan fingerprint density at radius 1 is 0.962 bits per heavy atom. The van der Waals surface area contributed by atoms with E-state index in [4.69, 9.17) is 0 Å². The maximum atomic E-state index is 12.7. The predicted molar refractivity (Wildman–Crippen MR) is 96.8 cm³/mol. The molecule has 0 atom stereocenters. The minimum atomic E-state index is -0.0651. The Hall–Kier alpha value is -3.06. The number of piperazine rings is 1. The fourth-order valence-corrected chi connectivity index (χ4v) is 3.06. The van der Waals surface area contributed by atoms with E-state index in [9.17, 15) is 4.79 Å². The Morgan fingerprint density at radius 2 is 1.73 bits per heavy atom. The number of hydrogen-bond acceptors (Lipinski definition) is 5. The molecule has 1 fully saturated rings. The topological polar surface area (TPSA) is 67.2 Å². The molecule has 0 aliphatic carbocycles. The van der Waals surface area contributed by atoms with Crippen LogP contribution in [0.2, 0.25) is 0 Å². The molecule has 0 bridgehead atoms. The molecule has 0 unspecified atom stereocenters. The van der Waals surface area contributed by atoms with E-state index in [1.54, 1.807) is 10.9 Å². The second-order valence-corrected chi connectivity index (χ2v) is 6.27. The number of aromatic nitrogens is 4. The van der Waals surface area contributed by atoms with E-state index in [0.717, 1.165) is 31.0 Å². The van der Waals surface area contributed by atoms with Gasteiger partial charge in [0.25, 0.3) is 5.91 Å². The SMILES string of the molecule is O=C(c1cn(-c2ccccc2)nn1)N1CCN(Cc2ccccn2)CC1. The van der Waals surface area contributed by atoms with Gasteiger partial charge in [-0.25, -0.2) is 4.68 Å². The Bertz CT molecular complexity index is 856. The van der Waals surface area contributed by atoms with Gasteiger partial charge in [0.15, 0.2) is 5.69 Å². The standard InChI is InChI=1S/C19H20N6O/c26-19(18-15-25(22-21-18)17-7-2-1-3-8-17)24-12-10-23(11-13-24)14-16-6-4-5-9-20-16/h1-9,15H,10-14H2. The van der Waals surface area contributed by atoms with Crippen LogP contribution in [0.15, 0.2) is 60.9 Å². The molecule has 0 N–H and O–H groups in total. The summed E-state index contributed by atoms with van der Waals surface area (Å²) in [7, 11) is 0. The number of nitrogens with zero attached hydrogens (tertiary/aromatic N) is 6. The lowest BCUT2D eigenvalue weighted by molar-refractivity contribution is 0.0621. The van der Waals surface area contributed by atoms with Gasteiger partial charge in [0.1, 0.15) is 0 Å². The lowest BCUT2D eigenvalue weighted by atomic mass is 10.2. The van der Waals surface area contributed by atoms with Crippen molar-refractivity contribution in [2.45, 2.75) is 6.54 Å². The van der Waals surface area contributed by atoms with Gasteiger partial charge in [0, 0.05) is 38.9 Å². The van der Waals surface area contributed by atoms with Crippen molar-refractivity contribution in [3.8, 4) is 5.69 Å². The molecule has 0 radical (unpaired) electrons. The third kappa shape index (κ3) is 3.62. The first-order valence-corrected chi connectivity index (χ1v) is 8.69. The summed E-state index contributed by atoms with van der Waals surface area (Å²) in [6.45, 7) is 3.84. The number of pyridine rings is 1. The lowest BCUT2D eigenvalue weighted by Crippen LogP contribution is -2.48. The van der Waals surface area contributed by atoms with E-state index >= 15 is 0 Å². The van der Waals surface area contributed by atoms with E-state index in [1.807, 2.05) is 59.6 Å². The average molecular weight is 348 g/mol. The number of carbonyl (C=O) groups excluding carboxylic acids is 1. The first kappa shape index (κ1) is 16.4. The molecular weight excluding hydrogens is 328 g/mol. The number of para-hydroxylation sites is 1. The zero-order chi connectivity index (χ0) is 17.8. The molecule has 1 saturated heterocycles. The first-order chi connectivity index (χ1) is 12.8. The number of amides is 1. The molecule has 2 aromatic heterocycles. The van der Waals surface area contributed by atoms with Gasteiger partial charge in [0.2, 0.25) is 0 Å². The van der Waals surface area contributed by atoms with Gasteiger partial charge in [-0.3, -0.25) is 14.7 Å². The second kappa shape index (κ2) is 7.45. The van der Waals surface area contributed by atoms with Gasteiger partial charge >= 0.3 is 0 Å². The van der Waals surface area contributed by atoms with Crippen molar-refractivity contribution in [2.24, 2.45) is 0 Å². The normalized spacial score (nSPS) is 15.2. The Kier molecular flexibility index (Phi) is 4.70. The van der Waals surface area contributed by atoms with Crippen molar-refractivity contribution < 1.29 is 4.79 Å². The molecule has 1 aromatic carbocycles. The van der Waals surface area contributed by atoms with Gasteiger partial charge in [-0.1, -0.05) is 29.5 Å². The Morgan fingerprint density at radius 3 is 2.46 bits per heavy atom. The van der Waals surface area contributed by atoms with Crippen LogP contribution in [0, 0.1) is 0 Å². The summed E-state index contributed by atoms with van der Waals surface area (Å²) in [6.07, 6.45) is 3.50. The molecule has 3 aromatic rings. The Labute approximate surface area is 151 Å². The molecule has 3 heterocycles. The molecular formula is C19H20N6O. The molecule has 0 spiro atoms. The van der Waals surface area contributed by atoms with Crippen LogP contribution in [0.3, 0.4) is 0 Å². The third-order valence-electron chi connectivity index (χ3n) is 4.50. The van der Waals surface area contributed by atoms with Crippen LogP contribution in [0.1, 0.15) is 16.2 Å². The zero-order valence-corrected chi connectivity index (χ0v) is 14.4. The minimum absolute atomic E-state index is 0.0651. The highest BCUT2D eigenvalue weighted by Crippen LogP contribution is 2.11. The van der Waals surface area contributed by atoms with E-state index in [0.29, 0.717) is 18.8 Å². The lowest BCUT2D eigenvalue weighted by Gasteiger charge is -2.34. The molecule has 1 aliphatic heterocycles. The van der Waals surface area contributed by atoms with Crippen molar-refractivity contribution in [2.75, 3.05) is 26.2 Å². The average Bonchev–Trinajstić information content (AvgIpc) is 3.20. The van der Waals surface area contributed by atoms with Crippen molar-refractivity contribution >= 4 is 5.91 Å². The van der Waals surface area contributed by atoms with E-state index in [2.05, 4.69) is 20.2 Å². The highest BCUT2D eigenvalue weighted by molar-refractivity contribution is 5.92. The summed E-state index contributed by atoms with van der Waals surface area (Å²) < 4.78 is 1.63. The summed E-state index contributed by atoms with van der Waals surface area (Å²) in [6, 6.07) is 15.6. The summed E-state index contributed by atoms with van der Waals surface area (Å²) >= 11 is 0. The van der Waals surface area contributed by atoms with Crippen molar-refractivity contribution in [1.29, 1.82) is 0 Å². The smallest absolute Gasteiger partial charge is 0.276 e. The number of carbonyl (C=O) groups is 1. The van der Waals surface area contributed by atoms with Crippen molar-refractivity contribution in [3.05, 3.63) is 72.3 Å². The molecule has 4 rings (SSSR count). The van der Waals surface area contributed by atoms with Crippen LogP contribution in [0.25, 0.3) is 5.69 Å². The molecule has 7 heteroatoms. The summed E-state index contributed by atoms with van der Waals surface area (Å²) in [5, 5.41) is 8.13. The monoisotopic (exact) mass is 348 g/mol. The molecule has 1 amide bonds. The fraction of sp³-hybridized carbons (Fsp3) is 0.263.